The highest BCUT2D eigenvalue weighted by molar-refractivity contribution is 14.1. The van der Waals surface area contributed by atoms with Gasteiger partial charge in [-0.3, -0.25) is 4.79 Å². The Labute approximate surface area is 149 Å². The molecule has 1 aromatic heterocycles. The van der Waals surface area contributed by atoms with E-state index in [4.69, 9.17) is 4.74 Å². The molecule has 2 aromatic carbocycles. The molecule has 0 aliphatic rings. The smallest absolute Gasteiger partial charge is 0.152 e. The standard InChI is InChI=1S/C19H18INO2/c20-10-4-7-18-17(12-22)16-11-15(8-9-19(16)21-18)23-13-14-5-2-1-3-6-14/h1-3,5-6,8-9,11-12,21H,4,7,10,13H2. The molecule has 3 rings (SSSR count). The first-order valence-corrected chi connectivity index (χ1v) is 9.17. The molecule has 0 bridgehead atoms. The zero-order chi connectivity index (χ0) is 16.1. The molecule has 1 N–H and O–H groups in total. The molecular weight excluding hydrogens is 401 g/mol. The molecule has 0 aliphatic heterocycles. The number of halogens is 1. The Balaban J connectivity index is 1.84. The molecule has 0 amide bonds. The third-order valence-electron chi connectivity index (χ3n) is 3.82. The average Bonchev–Trinajstić information content (AvgIpc) is 2.95. The normalized spacial score (nSPS) is 10.8. The van der Waals surface area contributed by atoms with E-state index in [2.05, 4.69) is 27.6 Å². The molecule has 118 valence electrons. The summed E-state index contributed by atoms with van der Waals surface area (Å²) in [5, 5.41) is 0.939. The predicted molar refractivity (Wildman–Crippen MR) is 102 cm³/mol. The first kappa shape index (κ1) is 16.1. The van der Waals surface area contributed by atoms with E-state index in [1.54, 1.807) is 0 Å². The maximum absolute atomic E-state index is 11.5. The highest BCUT2D eigenvalue weighted by atomic mass is 127. The predicted octanol–water partition coefficient (Wildman–Crippen LogP) is 4.93. The molecule has 0 atom stereocenters. The summed E-state index contributed by atoms with van der Waals surface area (Å²) in [5.74, 6) is 0.781. The quantitative estimate of drug-likeness (QED) is 0.335. The number of nitrogens with one attached hydrogen (secondary N) is 1. The fourth-order valence-corrected chi connectivity index (χ4v) is 3.04. The summed E-state index contributed by atoms with van der Waals surface area (Å²) in [6.07, 6.45) is 2.90. The minimum atomic E-state index is 0.523. The van der Waals surface area contributed by atoms with Crippen molar-refractivity contribution < 1.29 is 9.53 Å². The second-order valence-electron chi connectivity index (χ2n) is 5.41. The van der Waals surface area contributed by atoms with Crippen LogP contribution in [-0.4, -0.2) is 15.7 Å². The molecule has 3 aromatic rings. The van der Waals surface area contributed by atoms with Crippen LogP contribution in [0, 0.1) is 0 Å². The number of rotatable bonds is 7. The number of ether oxygens (including phenoxy) is 1. The number of benzene rings is 2. The Kier molecular flexibility index (Phi) is 5.33. The van der Waals surface area contributed by atoms with Crippen LogP contribution in [0.2, 0.25) is 0 Å². The highest BCUT2D eigenvalue weighted by Crippen LogP contribution is 2.27. The van der Waals surface area contributed by atoms with Crippen molar-refractivity contribution in [2.45, 2.75) is 19.4 Å². The van der Waals surface area contributed by atoms with E-state index >= 15 is 0 Å². The van der Waals surface area contributed by atoms with Gasteiger partial charge in [-0.25, -0.2) is 0 Å². The molecule has 0 radical (unpaired) electrons. The second kappa shape index (κ2) is 7.64. The van der Waals surface area contributed by atoms with Gasteiger partial charge in [0.2, 0.25) is 0 Å². The molecular formula is C19H18INO2. The maximum atomic E-state index is 11.5. The Morgan fingerprint density at radius 3 is 2.70 bits per heavy atom. The fourth-order valence-electron chi connectivity index (χ4n) is 2.65. The van der Waals surface area contributed by atoms with Gasteiger partial charge in [0, 0.05) is 22.2 Å². The van der Waals surface area contributed by atoms with Crippen molar-refractivity contribution >= 4 is 39.8 Å². The molecule has 1 heterocycles. The van der Waals surface area contributed by atoms with Crippen molar-refractivity contribution in [2.24, 2.45) is 0 Å². The largest absolute Gasteiger partial charge is 0.489 e. The zero-order valence-corrected chi connectivity index (χ0v) is 14.9. The Morgan fingerprint density at radius 1 is 1.13 bits per heavy atom. The fraction of sp³-hybridized carbons (Fsp3) is 0.211. The number of H-pyrrole nitrogens is 1. The minimum Gasteiger partial charge on any atom is -0.489 e. The number of alkyl halides is 1. The van der Waals surface area contributed by atoms with Crippen molar-refractivity contribution in [3.8, 4) is 5.75 Å². The van der Waals surface area contributed by atoms with Crippen LogP contribution in [-0.2, 0) is 13.0 Å². The van der Waals surface area contributed by atoms with Crippen LogP contribution in [0.1, 0.15) is 28.0 Å². The summed E-state index contributed by atoms with van der Waals surface area (Å²) >= 11 is 2.36. The van der Waals surface area contributed by atoms with Gasteiger partial charge in [0.15, 0.2) is 6.29 Å². The Morgan fingerprint density at radius 2 is 1.96 bits per heavy atom. The SMILES string of the molecule is O=Cc1c(CCCI)[nH]c2ccc(OCc3ccccc3)cc12. The summed E-state index contributed by atoms with van der Waals surface area (Å²) in [7, 11) is 0. The molecule has 0 spiro atoms. The lowest BCUT2D eigenvalue weighted by atomic mass is 10.1. The number of carbonyl (C=O) groups excluding carboxylic acids is 1. The van der Waals surface area contributed by atoms with Crippen LogP contribution < -0.4 is 4.74 Å². The van der Waals surface area contributed by atoms with Gasteiger partial charge >= 0.3 is 0 Å². The lowest BCUT2D eigenvalue weighted by molar-refractivity contribution is 0.112. The number of carbonyl (C=O) groups is 1. The summed E-state index contributed by atoms with van der Waals surface area (Å²) < 4.78 is 6.94. The van der Waals surface area contributed by atoms with Crippen LogP contribution in [0.3, 0.4) is 0 Å². The summed E-state index contributed by atoms with van der Waals surface area (Å²) in [6.45, 7) is 0.523. The first-order chi connectivity index (χ1) is 11.3. The van der Waals surface area contributed by atoms with Crippen LogP contribution in [0.25, 0.3) is 10.9 Å². The van der Waals surface area contributed by atoms with Crippen molar-refractivity contribution in [2.75, 3.05) is 4.43 Å². The topological polar surface area (TPSA) is 42.1 Å². The van der Waals surface area contributed by atoms with Gasteiger partial charge in [-0.1, -0.05) is 52.9 Å². The van der Waals surface area contributed by atoms with Gasteiger partial charge in [0.05, 0.1) is 0 Å². The van der Waals surface area contributed by atoms with Crippen molar-refractivity contribution in [1.29, 1.82) is 0 Å². The van der Waals surface area contributed by atoms with Gasteiger partial charge in [-0.05, 0) is 41.0 Å². The maximum Gasteiger partial charge on any atom is 0.152 e. The first-order valence-electron chi connectivity index (χ1n) is 7.64. The molecule has 3 nitrogen and oxygen atoms in total. The van der Waals surface area contributed by atoms with E-state index in [1.807, 2.05) is 48.5 Å². The minimum absolute atomic E-state index is 0.523. The van der Waals surface area contributed by atoms with Crippen LogP contribution in [0.4, 0.5) is 0 Å². The highest BCUT2D eigenvalue weighted by Gasteiger charge is 2.11. The molecule has 0 aliphatic carbocycles. The number of hydrogen-bond donors (Lipinski definition) is 1. The van der Waals surface area contributed by atoms with Gasteiger partial charge < -0.3 is 9.72 Å². The second-order valence-corrected chi connectivity index (χ2v) is 6.49. The summed E-state index contributed by atoms with van der Waals surface area (Å²) in [6, 6.07) is 15.9. The van der Waals surface area contributed by atoms with E-state index in [0.29, 0.717) is 6.61 Å². The van der Waals surface area contributed by atoms with Crippen molar-refractivity contribution in [1.82, 2.24) is 4.98 Å². The molecule has 0 unspecified atom stereocenters. The lowest BCUT2D eigenvalue weighted by Gasteiger charge is -2.06. The molecule has 23 heavy (non-hydrogen) atoms. The molecule has 0 saturated heterocycles. The van der Waals surface area contributed by atoms with E-state index in [9.17, 15) is 4.79 Å². The van der Waals surface area contributed by atoms with Crippen LogP contribution in [0.5, 0.6) is 5.75 Å². The van der Waals surface area contributed by atoms with Crippen LogP contribution >= 0.6 is 22.6 Å². The number of aromatic nitrogens is 1. The van der Waals surface area contributed by atoms with Gasteiger partial charge in [0.1, 0.15) is 12.4 Å². The number of aldehydes is 1. The Hall–Kier alpha value is -1.82. The van der Waals surface area contributed by atoms with E-state index in [-0.39, 0.29) is 0 Å². The average molecular weight is 419 g/mol. The zero-order valence-electron chi connectivity index (χ0n) is 12.7. The molecule has 0 fully saturated rings. The Bertz CT molecular complexity index is 796. The van der Waals surface area contributed by atoms with E-state index in [0.717, 1.165) is 57.0 Å². The van der Waals surface area contributed by atoms with Gasteiger partial charge in [0.25, 0.3) is 0 Å². The molecule has 0 saturated carbocycles. The van der Waals surface area contributed by atoms with E-state index < -0.39 is 0 Å². The summed E-state index contributed by atoms with van der Waals surface area (Å²) in [5.41, 5.74) is 3.89. The number of hydrogen-bond acceptors (Lipinski definition) is 2. The summed E-state index contributed by atoms with van der Waals surface area (Å²) in [4.78, 5) is 14.9. The third kappa shape index (κ3) is 3.75. The molecule has 4 heteroatoms. The van der Waals surface area contributed by atoms with Gasteiger partial charge in [-0.15, -0.1) is 0 Å². The monoisotopic (exact) mass is 419 g/mol. The van der Waals surface area contributed by atoms with E-state index in [1.165, 1.54) is 0 Å². The van der Waals surface area contributed by atoms with Crippen molar-refractivity contribution in [3.05, 3.63) is 65.4 Å². The van der Waals surface area contributed by atoms with Crippen LogP contribution in [0.15, 0.2) is 48.5 Å². The van der Waals surface area contributed by atoms with Gasteiger partial charge in [-0.2, -0.15) is 0 Å². The number of aryl methyl sites for hydroxylation is 1. The third-order valence-corrected chi connectivity index (χ3v) is 4.58. The number of fused-ring (bicyclic) bond motifs is 1. The number of aromatic amines is 1. The van der Waals surface area contributed by atoms with Crippen molar-refractivity contribution in [3.63, 3.8) is 0 Å². The lowest BCUT2D eigenvalue weighted by Crippen LogP contribution is -1.94.